The summed E-state index contributed by atoms with van der Waals surface area (Å²) in [6, 6.07) is 10.4. The molecule has 1 aromatic carbocycles. The van der Waals surface area contributed by atoms with Gasteiger partial charge in [0.15, 0.2) is 0 Å². The van der Waals surface area contributed by atoms with E-state index in [2.05, 4.69) is 35.4 Å². The fourth-order valence-electron chi connectivity index (χ4n) is 2.58. The topological polar surface area (TPSA) is 34.1 Å². The van der Waals surface area contributed by atoms with Crippen LogP contribution in [0.3, 0.4) is 0 Å². The van der Waals surface area contributed by atoms with Gasteiger partial charge in [0.2, 0.25) is 5.88 Å². The lowest BCUT2D eigenvalue weighted by molar-refractivity contribution is 0.462. The second-order valence-corrected chi connectivity index (χ2v) is 5.17. The third-order valence-corrected chi connectivity index (χ3v) is 3.67. The van der Waals surface area contributed by atoms with Gasteiger partial charge in [0, 0.05) is 18.8 Å². The van der Waals surface area contributed by atoms with E-state index in [9.17, 15) is 0 Å². The molecule has 1 N–H and O–H groups in total. The third-order valence-electron chi connectivity index (χ3n) is 3.67. The molecule has 104 valence electrons. The Bertz CT molecular complexity index is 578. The number of hydrogen-bond donors (Lipinski definition) is 1. The van der Waals surface area contributed by atoms with Gasteiger partial charge in [0.05, 0.1) is 0 Å². The van der Waals surface area contributed by atoms with Gasteiger partial charge in [-0.1, -0.05) is 19.1 Å². The number of benzene rings is 1. The Morgan fingerprint density at radius 3 is 2.85 bits per heavy atom. The summed E-state index contributed by atoms with van der Waals surface area (Å²) < 4.78 is 5.83. The van der Waals surface area contributed by atoms with Gasteiger partial charge in [-0.2, -0.15) is 0 Å². The summed E-state index contributed by atoms with van der Waals surface area (Å²) in [7, 11) is 0. The van der Waals surface area contributed by atoms with Crippen LogP contribution in [0.2, 0.25) is 0 Å². The number of aromatic nitrogens is 1. The van der Waals surface area contributed by atoms with Crippen LogP contribution in [-0.4, -0.2) is 11.5 Å². The summed E-state index contributed by atoms with van der Waals surface area (Å²) in [4.78, 5) is 4.36. The fraction of sp³-hybridized carbons (Fsp3) is 0.353. The number of rotatable bonds is 5. The molecular weight excluding hydrogens is 248 g/mol. The first-order valence-electron chi connectivity index (χ1n) is 7.30. The molecule has 3 rings (SSSR count). The number of nitrogens with zero attached hydrogens (tertiary/aromatic N) is 1. The smallest absolute Gasteiger partial charge is 0.219 e. The van der Waals surface area contributed by atoms with Crippen LogP contribution in [0.5, 0.6) is 11.6 Å². The largest absolute Gasteiger partial charge is 0.439 e. The molecule has 1 aliphatic rings. The highest BCUT2D eigenvalue weighted by Crippen LogP contribution is 2.28. The maximum absolute atomic E-state index is 5.83. The van der Waals surface area contributed by atoms with Crippen molar-refractivity contribution >= 4 is 0 Å². The summed E-state index contributed by atoms with van der Waals surface area (Å²) in [5.74, 6) is 1.54. The van der Waals surface area contributed by atoms with Crippen LogP contribution >= 0.6 is 0 Å². The van der Waals surface area contributed by atoms with E-state index in [0.29, 0.717) is 5.88 Å². The first-order chi connectivity index (χ1) is 9.85. The lowest BCUT2D eigenvalue weighted by Crippen LogP contribution is -2.11. The molecule has 1 aliphatic carbocycles. The standard InChI is InChI=1S/C17H20N2O/c1-2-18-11-13-6-9-17(19-12-13)20-16-8-7-14-4-3-5-15(14)10-16/h6-10,12,18H,2-5,11H2,1H3. The summed E-state index contributed by atoms with van der Waals surface area (Å²) in [6.07, 6.45) is 5.50. The average Bonchev–Trinajstić information content (AvgIpc) is 2.94. The Morgan fingerprint density at radius 1 is 1.15 bits per heavy atom. The predicted molar refractivity (Wildman–Crippen MR) is 80.2 cm³/mol. The second kappa shape index (κ2) is 6.06. The molecule has 0 amide bonds. The molecule has 20 heavy (non-hydrogen) atoms. The zero-order valence-electron chi connectivity index (χ0n) is 11.9. The molecule has 0 saturated heterocycles. The highest BCUT2D eigenvalue weighted by molar-refractivity contribution is 5.39. The van der Waals surface area contributed by atoms with Crippen molar-refractivity contribution in [3.05, 3.63) is 53.2 Å². The summed E-state index contributed by atoms with van der Waals surface area (Å²) in [5, 5.41) is 3.28. The fourth-order valence-corrected chi connectivity index (χ4v) is 2.58. The molecule has 0 unspecified atom stereocenters. The van der Waals surface area contributed by atoms with E-state index in [1.807, 2.05) is 18.3 Å². The van der Waals surface area contributed by atoms with Crippen molar-refractivity contribution in [2.24, 2.45) is 0 Å². The van der Waals surface area contributed by atoms with Gasteiger partial charge in [-0.05, 0) is 54.6 Å². The van der Waals surface area contributed by atoms with Crippen LogP contribution in [0.1, 0.15) is 30.0 Å². The Labute approximate surface area is 120 Å². The molecule has 0 bridgehead atoms. The molecule has 1 heterocycles. The highest BCUT2D eigenvalue weighted by Gasteiger charge is 2.11. The minimum absolute atomic E-state index is 0.656. The van der Waals surface area contributed by atoms with Crippen molar-refractivity contribution in [1.82, 2.24) is 10.3 Å². The molecule has 0 aliphatic heterocycles. The van der Waals surface area contributed by atoms with Gasteiger partial charge in [0.25, 0.3) is 0 Å². The summed E-state index contributed by atoms with van der Waals surface area (Å²) in [6.45, 7) is 3.91. The van der Waals surface area contributed by atoms with E-state index in [-0.39, 0.29) is 0 Å². The van der Waals surface area contributed by atoms with E-state index in [0.717, 1.165) is 18.8 Å². The molecule has 3 heteroatoms. The Hall–Kier alpha value is -1.87. The molecule has 0 saturated carbocycles. The van der Waals surface area contributed by atoms with Crippen molar-refractivity contribution in [2.75, 3.05) is 6.54 Å². The van der Waals surface area contributed by atoms with Crippen molar-refractivity contribution in [3.63, 3.8) is 0 Å². The quantitative estimate of drug-likeness (QED) is 0.901. The maximum Gasteiger partial charge on any atom is 0.219 e. The van der Waals surface area contributed by atoms with Gasteiger partial charge in [-0.25, -0.2) is 4.98 Å². The van der Waals surface area contributed by atoms with E-state index in [1.165, 1.54) is 36.0 Å². The van der Waals surface area contributed by atoms with Gasteiger partial charge >= 0.3 is 0 Å². The van der Waals surface area contributed by atoms with Gasteiger partial charge < -0.3 is 10.1 Å². The second-order valence-electron chi connectivity index (χ2n) is 5.17. The Morgan fingerprint density at radius 2 is 2.05 bits per heavy atom. The monoisotopic (exact) mass is 268 g/mol. The van der Waals surface area contributed by atoms with Crippen molar-refractivity contribution in [2.45, 2.75) is 32.7 Å². The average molecular weight is 268 g/mol. The zero-order valence-corrected chi connectivity index (χ0v) is 11.9. The highest BCUT2D eigenvalue weighted by atomic mass is 16.5. The van der Waals surface area contributed by atoms with E-state index < -0.39 is 0 Å². The zero-order chi connectivity index (χ0) is 13.8. The van der Waals surface area contributed by atoms with Crippen molar-refractivity contribution < 1.29 is 4.74 Å². The normalized spacial score (nSPS) is 13.2. The maximum atomic E-state index is 5.83. The van der Waals surface area contributed by atoms with E-state index >= 15 is 0 Å². The van der Waals surface area contributed by atoms with Crippen LogP contribution < -0.4 is 10.1 Å². The van der Waals surface area contributed by atoms with Gasteiger partial charge in [-0.3, -0.25) is 0 Å². The predicted octanol–water partition coefficient (Wildman–Crippen LogP) is 3.47. The molecule has 0 fully saturated rings. The minimum Gasteiger partial charge on any atom is -0.439 e. The number of ether oxygens (including phenoxy) is 1. The molecule has 2 aromatic rings. The summed E-state index contributed by atoms with van der Waals surface area (Å²) in [5.41, 5.74) is 4.06. The van der Waals surface area contributed by atoms with Crippen LogP contribution in [0.15, 0.2) is 36.5 Å². The number of hydrogen-bond acceptors (Lipinski definition) is 3. The molecule has 0 spiro atoms. The van der Waals surface area contributed by atoms with E-state index in [1.54, 1.807) is 0 Å². The first kappa shape index (κ1) is 13.1. The van der Waals surface area contributed by atoms with Crippen LogP contribution in [0.25, 0.3) is 0 Å². The van der Waals surface area contributed by atoms with E-state index in [4.69, 9.17) is 4.74 Å². The molecule has 3 nitrogen and oxygen atoms in total. The molecular formula is C17H20N2O. The number of fused-ring (bicyclic) bond motifs is 1. The summed E-state index contributed by atoms with van der Waals surface area (Å²) >= 11 is 0. The van der Waals surface area contributed by atoms with Gasteiger partial charge in [-0.15, -0.1) is 0 Å². The molecule has 0 radical (unpaired) electrons. The minimum atomic E-state index is 0.656. The van der Waals surface area contributed by atoms with Crippen molar-refractivity contribution in [1.29, 1.82) is 0 Å². The lowest BCUT2D eigenvalue weighted by Gasteiger charge is -2.08. The SMILES string of the molecule is CCNCc1ccc(Oc2ccc3c(c2)CCC3)nc1. The molecule has 1 aromatic heterocycles. The van der Waals surface area contributed by atoms with Crippen LogP contribution in [0, 0.1) is 0 Å². The number of aryl methyl sites for hydroxylation is 2. The Kier molecular flexibility index (Phi) is 3.97. The number of nitrogens with one attached hydrogen (secondary N) is 1. The van der Waals surface area contributed by atoms with Crippen LogP contribution in [0.4, 0.5) is 0 Å². The van der Waals surface area contributed by atoms with Crippen LogP contribution in [-0.2, 0) is 19.4 Å². The Balaban J connectivity index is 1.68. The third kappa shape index (κ3) is 2.99. The van der Waals surface area contributed by atoms with Crippen molar-refractivity contribution in [3.8, 4) is 11.6 Å². The first-order valence-corrected chi connectivity index (χ1v) is 7.30. The number of pyridine rings is 1. The lowest BCUT2D eigenvalue weighted by atomic mass is 10.1. The van der Waals surface area contributed by atoms with Gasteiger partial charge in [0.1, 0.15) is 5.75 Å². The molecule has 0 atom stereocenters.